The van der Waals surface area contributed by atoms with Crippen LogP contribution in [0, 0.1) is 0 Å². The van der Waals surface area contributed by atoms with Gasteiger partial charge in [0, 0.05) is 22.3 Å². The molecular formula is C40H44N4O2. The number of rotatable bonds is 13. The highest BCUT2D eigenvalue weighted by Crippen LogP contribution is 2.38. The van der Waals surface area contributed by atoms with Gasteiger partial charge in [-0.15, -0.1) is 0 Å². The first-order chi connectivity index (χ1) is 22.5. The van der Waals surface area contributed by atoms with Gasteiger partial charge in [-0.2, -0.15) is 0 Å². The van der Waals surface area contributed by atoms with E-state index in [-0.39, 0.29) is 11.5 Å². The summed E-state index contributed by atoms with van der Waals surface area (Å²) in [5.41, 5.74) is 10.2. The molecule has 5 heterocycles. The highest BCUT2D eigenvalue weighted by atomic mass is 16.3. The second-order valence-electron chi connectivity index (χ2n) is 12.4. The van der Waals surface area contributed by atoms with Crippen LogP contribution in [0.5, 0.6) is 11.5 Å². The normalized spacial score (nSPS) is 18.2. The Morgan fingerprint density at radius 1 is 0.543 bits per heavy atom. The van der Waals surface area contributed by atoms with Gasteiger partial charge in [-0.25, -0.2) is 20.0 Å². The minimum Gasteiger partial charge on any atom is -0.508 e. The van der Waals surface area contributed by atoms with Gasteiger partial charge in [0.15, 0.2) is 0 Å². The first-order valence-corrected chi connectivity index (χ1v) is 17.1. The smallest absolute Gasteiger partial charge is 0.123 e. The van der Waals surface area contributed by atoms with Crippen LogP contribution in [-0.4, -0.2) is 33.1 Å². The van der Waals surface area contributed by atoms with E-state index in [1.165, 1.54) is 50.7 Å². The molecule has 1 aromatic rings. The van der Waals surface area contributed by atoms with Crippen molar-refractivity contribution in [2.24, 2.45) is 20.0 Å². The molecule has 0 fully saturated rings. The van der Waals surface area contributed by atoms with Crippen LogP contribution in [0.2, 0.25) is 0 Å². The molecule has 0 saturated heterocycles. The number of aromatic hydroxyl groups is 2. The fraction of sp³-hybridized carbons (Fsp3) is 0.350. The highest BCUT2D eigenvalue weighted by Gasteiger charge is 2.25. The fourth-order valence-electron chi connectivity index (χ4n) is 6.46. The average Bonchev–Trinajstić information content (AvgIpc) is 3.88. The van der Waals surface area contributed by atoms with E-state index in [2.05, 4.69) is 56.4 Å². The Morgan fingerprint density at radius 2 is 1.13 bits per heavy atom. The lowest BCUT2D eigenvalue weighted by molar-refractivity contribution is 0.459. The molecule has 6 heteroatoms. The summed E-state index contributed by atoms with van der Waals surface area (Å²) < 4.78 is 0. The summed E-state index contributed by atoms with van der Waals surface area (Å²) in [5, 5.41) is 21.5. The Labute approximate surface area is 272 Å². The van der Waals surface area contributed by atoms with Crippen molar-refractivity contribution in [3.05, 3.63) is 112 Å². The Hall–Kier alpha value is -4.58. The molecule has 0 aliphatic carbocycles. The topological polar surface area (TPSA) is 89.9 Å². The minimum absolute atomic E-state index is 0.0665. The maximum Gasteiger partial charge on any atom is 0.123 e. The second kappa shape index (κ2) is 14.7. The molecular weight excluding hydrogens is 568 g/mol. The zero-order chi connectivity index (χ0) is 31.9. The van der Waals surface area contributed by atoms with Crippen molar-refractivity contribution in [1.29, 1.82) is 0 Å². The maximum atomic E-state index is 11.0. The number of unbranched alkanes of at least 4 members (excludes halogenated alkanes) is 8. The number of phenols is 2. The molecule has 5 aliphatic rings. The summed E-state index contributed by atoms with van der Waals surface area (Å²) in [4.78, 5) is 20.4. The molecule has 5 aliphatic heterocycles. The van der Waals surface area contributed by atoms with Gasteiger partial charge >= 0.3 is 0 Å². The van der Waals surface area contributed by atoms with E-state index < -0.39 is 0 Å². The minimum atomic E-state index is 0.0665. The van der Waals surface area contributed by atoms with E-state index in [0.717, 1.165) is 83.9 Å². The number of hydrogen-bond acceptors (Lipinski definition) is 6. The standard InChI is InChI=1S/C40H44N4O2/c1-3-5-7-9-11-13-30-33-18-15-27(41-33)25-28-16-19-34(42-28)31(14-12-10-8-6-4-2)36-21-23-38(44-36)40(37-22-20-35(30)43-37)32-26-29(45)17-24-39(32)46/h15-26,45-46H,3-14H2,1-2H3. The first kappa shape index (κ1) is 31.4. The monoisotopic (exact) mass is 612 g/mol. The summed E-state index contributed by atoms with van der Waals surface area (Å²) in [6.07, 6.45) is 32.0. The summed E-state index contributed by atoms with van der Waals surface area (Å²) in [7, 11) is 0. The number of aliphatic imine (C=N–C) groups is 4. The van der Waals surface area contributed by atoms with Gasteiger partial charge in [-0.3, -0.25) is 0 Å². The third-order valence-corrected chi connectivity index (χ3v) is 8.96. The largest absolute Gasteiger partial charge is 0.508 e. The molecule has 0 radical (unpaired) electrons. The maximum absolute atomic E-state index is 11.0. The number of phenolic OH excluding ortho intramolecular Hbond substituents is 2. The Morgan fingerprint density at radius 3 is 1.87 bits per heavy atom. The van der Waals surface area contributed by atoms with Gasteiger partial charge in [0.25, 0.3) is 0 Å². The predicted molar refractivity (Wildman–Crippen MR) is 192 cm³/mol. The van der Waals surface area contributed by atoms with E-state index in [4.69, 9.17) is 20.0 Å². The molecule has 0 spiro atoms. The van der Waals surface area contributed by atoms with Crippen LogP contribution >= 0.6 is 0 Å². The lowest BCUT2D eigenvalue weighted by Gasteiger charge is -2.12. The van der Waals surface area contributed by atoms with Crippen LogP contribution in [0.1, 0.15) is 96.5 Å². The molecule has 1 aromatic carbocycles. The van der Waals surface area contributed by atoms with Crippen LogP contribution in [0.15, 0.2) is 127 Å². The van der Waals surface area contributed by atoms with Crippen molar-refractivity contribution < 1.29 is 10.2 Å². The molecule has 6 rings (SSSR count). The third kappa shape index (κ3) is 7.12. The Balaban J connectivity index is 1.49. The molecule has 46 heavy (non-hydrogen) atoms. The fourth-order valence-corrected chi connectivity index (χ4v) is 6.46. The van der Waals surface area contributed by atoms with Gasteiger partial charge in [-0.1, -0.05) is 65.2 Å². The Bertz CT molecular complexity index is 1750. The summed E-state index contributed by atoms with van der Waals surface area (Å²) >= 11 is 0. The lowest BCUT2D eigenvalue weighted by atomic mass is 9.97. The second-order valence-corrected chi connectivity index (χ2v) is 12.4. The first-order valence-electron chi connectivity index (χ1n) is 17.1. The molecule has 0 atom stereocenters. The zero-order valence-corrected chi connectivity index (χ0v) is 27.1. The van der Waals surface area contributed by atoms with Gasteiger partial charge in [0.1, 0.15) is 11.5 Å². The molecule has 0 amide bonds. The van der Waals surface area contributed by atoms with E-state index in [9.17, 15) is 10.2 Å². The van der Waals surface area contributed by atoms with Gasteiger partial charge in [-0.05, 0) is 98.6 Å². The van der Waals surface area contributed by atoms with E-state index in [1.807, 2.05) is 12.2 Å². The highest BCUT2D eigenvalue weighted by molar-refractivity contribution is 6.33. The quantitative estimate of drug-likeness (QED) is 0.171. The molecule has 0 unspecified atom stereocenters. The molecule has 8 bridgehead atoms. The Kier molecular flexibility index (Phi) is 10.0. The van der Waals surface area contributed by atoms with E-state index in [1.54, 1.807) is 6.07 Å². The molecule has 0 saturated carbocycles. The van der Waals surface area contributed by atoms with Gasteiger partial charge in [0.05, 0.1) is 45.6 Å². The van der Waals surface area contributed by atoms with E-state index in [0.29, 0.717) is 22.5 Å². The van der Waals surface area contributed by atoms with Crippen molar-refractivity contribution in [3.8, 4) is 11.5 Å². The van der Waals surface area contributed by atoms with Crippen LogP contribution in [0.3, 0.4) is 0 Å². The third-order valence-electron chi connectivity index (χ3n) is 8.96. The van der Waals surface area contributed by atoms with Gasteiger partial charge in [0.2, 0.25) is 0 Å². The zero-order valence-electron chi connectivity index (χ0n) is 27.1. The van der Waals surface area contributed by atoms with Crippen molar-refractivity contribution in [2.45, 2.75) is 90.9 Å². The lowest BCUT2D eigenvalue weighted by Crippen LogP contribution is -2.03. The van der Waals surface area contributed by atoms with Crippen LogP contribution < -0.4 is 0 Å². The number of benzene rings is 1. The molecule has 236 valence electrons. The number of allylic oxidation sites excluding steroid dienone is 12. The van der Waals surface area contributed by atoms with Crippen LogP contribution in [-0.2, 0) is 0 Å². The molecule has 0 aromatic heterocycles. The SMILES string of the molecule is CCCCCCCC1=C2C=CC(=N2)C=C2C=CC(=N2)C(CCCCCCC)=C2C=CC(=N2)C(c2cc(O)ccc2O)=C2C=CC1=N2. The van der Waals surface area contributed by atoms with E-state index >= 15 is 0 Å². The van der Waals surface area contributed by atoms with Crippen molar-refractivity contribution in [3.63, 3.8) is 0 Å². The molecule has 6 nitrogen and oxygen atoms in total. The summed E-state index contributed by atoms with van der Waals surface area (Å²) in [6, 6.07) is 4.60. The average molecular weight is 613 g/mol. The molecule has 2 N–H and O–H groups in total. The van der Waals surface area contributed by atoms with Crippen molar-refractivity contribution in [2.75, 3.05) is 0 Å². The predicted octanol–water partition coefficient (Wildman–Crippen LogP) is 9.98. The summed E-state index contributed by atoms with van der Waals surface area (Å²) in [5.74, 6) is 0.139. The number of fused-ring (bicyclic) bond motifs is 4. The summed E-state index contributed by atoms with van der Waals surface area (Å²) in [6.45, 7) is 4.47. The number of nitrogens with zero attached hydrogens (tertiary/aromatic N) is 4. The van der Waals surface area contributed by atoms with Crippen molar-refractivity contribution >= 4 is 28.4 Å². The van der Waals surface area contributed by atoms with Gasteiger partial charge < -0.3 is 10.2 Å². The number of hydrogen-bond donors (Lipinski definition) is 2. The van der Waals surface area contributed by atoms with Crippen LogP contribution in [0.25, 0.3) is 5.57 Å². The van der Waals surface area contributed by atoms with Crippen LogP contribution in [0.4, 0.5) is 0 Å². The van der Waals surface area contributed by atoms with Crippen molar-refractivity contribution in [1.82, 2.24) is 0 Å².